The maximum atomic E-state index is 4.34. The number of fused-ring (bicyclic) bond motifs is 4. The van der Waals surface area contributed by atoms with Gasteiger partial charge in [0.2, 0.25) is 0 Å². The van der Waals surface area contributed by atoms with Crippen LogP contribution in [0.1, 0.15) is 11.1 Å². The summed E-state index contributed by atoms with van der Waals surface area (Å²) in [7, 11) is 0. The van der Waals surface area contributed by atoms with E-state index >= 15 is 0 Å². The van der Waals surface area contributed by atoms with Crippen molar-refractivity contribution < 1.29 is 0 Å². The molecule has 0 amide bonds. The Hall–Kier alpha value is -2.15. The SMILES string of the molecule is C1=Cc2c3c(ccc2=N1)=c1ccccc1=C3. The first kappa shape index (κ1) is 8.05. The van der Waals surface area contributed by atoms with Crippen LogP contribution in [0.2, 0.25) is 0 Å². The molecule has 0 atom stereocenters. The number of hydrogen-bond acceptors (Lipinski definition) is 1. The van der Waals surface area contributed by atoms with E-state index in [2.05, 4.69) is 53.5 Å². The molecule has 1 aliphatic heterocycles. The highest BCUT2D eigenvalue weighted by Crippen LogP contribution is 2.16. The van der Waals surface area contributed by atoms with Crippen LogP contribution in [0.5, 0.6) is 0 Å². The number of benzene rings is 2. The number of nitrogens with zero attached hydrogens (tertiary/aromatic N) is 1. The lowest BCUT2D eigenvalue weighted by atomic mass is 10.1. The summed E-state index contributed by atoms with van der Waals surface area (Å²) < 4.78 is 0. The number of hydrogen-bond donors (Lipinski definition) is 0. The lowest BCUT2D eigenvalue weighted by Crippen LogP contribution is -2.03. The molecule has 74 valence electrons. The van der Waals surface area contributed by atoms with Crippen LogP contribution in [0, 0.1) is 10.4 Å². The summed E-state index contributed by atoms with van der Waals surface area (Å²) in [4.78, 5) is 4.34. The standard InChI is InChI=1S/C15H9N/c1-2-4-11-10(3-1)9-14-12(11)5-6-15-13(14)7-8-16-15/h1-9H. The van der Waals surface area contributed by atoms with Gasteiger partial charge in [0.15, 0.2) is 0 Å². The Balaban J connectivity index is 2.35. The highest BCUT2D eigenvalue weighted by molar-refractivity contribution is 5.69. The highest BCUT2D eigenvalue weighted by atomic mass is 14.7. The molecule has 2 aromatic carbocycles. The summed E-state index contributed by atoms with van der Waals surface area (Å²) in [6, 6.07) is 12.8. The van der Waals surface area contributed by atoms with Crippen LogP contribution in [-0.2, 0) is 0 Å². The molecule has 1 heterocycles. The average molecular weight is 203 g/mol. The molecule has 16 heavy (non-hydrogen) atoms. The molecule has 0 aromatic heterocycles. The molecule has 4 rings (SSSR count). The third kappa shape index (κ3) is 0.878. The quantitative estimate of drug-likeness (QED) is 0.527. The van der Waals surface area contributed by atoms with E-state index < -0.39 is 0 Å². The second kappa shape index (κ2) is 2.70. The molecule has 0 spiro atoms. The van der Waals surface area contributed by atoms with Gasteiger partial charge in [0.25, 0.3) is 0 Å². The lowest BCUT2D eigenvalue weighted by molar-refractivity contribution is 1.36. The van der Waals surface area contributed by atoms with Gasteiger partial charge in [-0.3, -0.25) is 4.99 Å². The predicted octanol–water partition coefficient (Wildman–Crippen LogP) is 1.72. The van der Waals surface area contributed by atoms with Crippen molar-refractivity contribution in [3.63, 3.8) is 0 Å². The van der Waals surface area contributed by atoms with Crippen LogP contribution in [0.4, 0.5) is 0 Å². The van der Waals surface area contributed by atoms with Crippen LogP contribution in [-0.4, -0.2) is 0 Å². The van der Waals surface area contributed by atoms with E-state index in [-0.39, 0.29) is 0 Å². The monoisotopic (exact) mass is 203 g/mol. The second-order valence-corrected chi connectivity index (χ2v) is 4.14. The Kier molecular flexibility index (Phi) is 1.36. The van der Waals surface area contributed by atoms with Gasteiger partial charge in [0.05, 0.1) is 5.36 Å². The fourth-order valence-electron chi connectivity index (χ4n) is 2.52. The highest BCUT2D eigenvalue weighted by Gasteiger charge is 2.09. The molecule has 0 radical (unpaired) electrons. The van der Waals surface area contributed by atoms with E-state index in [1.54, 1.807) is 0 Å². The molecule has 1 aliphatic carbocycles. The van der Waals surface area contributed by atoms with Gasteiger partial charge in [-0.1, -0.05) is 30.3 Å². The molecule has 2 aliphatic rings. The van der Waals surface area contributed by atoms with Gasteiger partial charge >= 0.3 is 0 Å². The van der Waals surface area contributed by atoms with Crippen LogP contribution < -0.4 is 10.6 Å². The van der Waals surface area contributed by atoms with Crippen molar-refractivity contribution in [2.75, 3.05) is 0 Å². The van der Waals surface area contributed by atoms with Gasteiger partial charge in [0.1, 0.15) is 0 Å². The van der Waals surface area contributed by atoms with Gasteiger partial charge in [0, 0.05) is 11.8 Å². The Morgan fingerprint density at radius 1 is 0.812 bits per heavy atom. The molecular formula is C15H9N. The molecule has 1 heteroatoms. The van der Waals surface area contributed by atoms with Crippen LogP contribution in [0.15, 0.2) is 47.6 Å². The summed E-state index contributed by atoms with van der Waals surface area (Å²) in [5, 5.41) is 5.06. The fraction of sp³-hybridized carbons (Fsp3) is 0. The van der Waals surface area contributed by atoms with Crippen molar-refractivity contribution in [1.82, 2.24) is 0 Å². The summed E-state index contributed by atoms with van der Waals surface area (Å²) in [5.41, 5.74) is 2.57. The molecule has 1 nitrogen and oxygen atoms in total. The second-order valence-electron chi connectivity index (χ2n) is 4.14. The number of rotatable bonds is 0. The minimum absolute atomic E-state index is 1.09. The lowest BCUT2D eigenvalue weighted by Gasteiger charge is -1.96. The van der Waals surface area contributed by atoms with Crippen molar-refractivity contribution in [3.8, 4) is 0 Å². The summed E-state index contributed by atoms with van der Waals surface area (Å²) in [6.07, 6.45) is 6.23. The molecule has 0 bridgehead atoms. The minimum Gasteiger partial charge on any atom is -0.256 e. The molecular weight excluding hydrogens is 194 g/mol. The first-order chi connectivity index (χ1) is 7.93. The third-order valence-corrected chi connectivity index (χ3v) is 3.27. The average Bonchev–Trinajstić information content (AvgIpc) is 2.92. The normalized spacial score (nSPS) is 13.8. The zero-order valence-electron chi connectivity index (χ0n) is 8.64. The molecule has 0 unspecified atom stereocenters. The molecule has 2 aromatic rings. The summed E-state index contributed by atoms with van der Waals surface area (Å²) >= 11 is 0. The largest absolute Gasteiger partial charge is 0.256 e. The van der Waals surface area contributed by atoms with E-state index in [0.29, 0.717) is 0 Å². The maximum Gasteiger partial charge on any atom is 0.0708 e. The third-order valence-electron chi connectivity index (χ3n) is 3.27. The van der Waals surface area contributed by atoms with Crippen LogP contribution in [0.3, 0.4) is 0 Å². The molecule has 0 saturated heterocycles. The predicted molar refractivity (Wildman–Crippen MR) is 63.9 cm³/mol. The van der Waals surface area contributed by atoms with Crippen LogP contribution >= 0.6 is 0 Å². The van der Waals surface area contributed by atoms with Crippen molar-refractivity contribution in [2.24, 2.45) is 4.99 Å². The van der Waals surface area contributed by atoms with Crippen molar-refractivity contribution in [1.29, 1.82) is 0 Å². The van der Waals surface area contributed by atoms with E-state index in [0.717, 1.165) is 5.36 Å². The van der Waals surface area contributed by atoms with E-state index in [1.807, 2.05) is 6.20 Å². The van der Waals surface area contributed by atoms with Gasteiger partial charge in [-0.2, -0.15) is 0 Å². The molecule has 0 N–H and O–H groups in total. The Bertz CT molecular complexity index is 842. The fourth-order valence-corrected chi connectivity index (χ4v) is 2.52. The first-order valence-corrected chi connectivity index (χ1v) is 5.42. The Morgan fingerprint density at radius 2 is 1.75 bits per heavy atom. The van der Waals surface area contributed by atoms with Gasteiger partial charge < -0.3 is 0 Å². The van der Waals surface area contributed by atoms with Crippen LogP contribution in [0.25, 0.3) is 12.2 Å². The zero-order valence-corrected chi connectivity index (χ0v) is 8.64. The smallest absolute Gasteiger partial charge is 0.0708 e. The van der Waals surface area contributed by atoms with Gasteiger partial charge in [-0.05, 0) is 39.4 Å². The Labute approximate surface area is 92.4 Å². The van der Waals surface area contributed by atoms with Crippen molar-refractivity contribution in [3.05, 3.63) is 74.7 Å². The molecule has 0 fully saturated rings. The van der Waals surface area contributed by atoms with E-state index in [1.165, 1.54) is 26.8 Å². The van der Waals surface area contributed by atoms with E-state index in [9.17, 15) is 0 Å². The topological polar surface area (TPSA) is 12.4 Å². The Morgan fingerprint density at radius 3 is 2.75 bits per heavy atom. The summed E-state index contributed by atoms with van der Waals surface area (Å²) in [6.45, 7) is 0. The van der Waals surface area contributed by atoms with Gasteiger partial charge in [-0.15, -0.1) is 0 Å². The zero-order chi connectivity index (χ0) is 10.5. The van der Waals surface area contributed by atoms with Gasteiger partial charge in [-0.25, -0.2) is 0 Å². The summed E-state index contributed by atoms with van der Waals surface area (Å²) in [5.74, 6) is 0. The minimum atomic E-state index is 1.09. The van der Waals surface area contributed by atoms with Crippen molar-refractivity contribution >= 4 is 12.2 Å². The first-order valence-electron chi connectivity index (χ1n) is 5.42. The van der Waals surface area contributed by atoms with E-state index in [4.69, 9.17) is 0 Å². The van der Waals surface area contributed by atoms with Crippen molar-refractivity contribution in [2.45, 2.75) is 0 Å². The molecule has 0 saturated carbocycles. The maximum absolute atomic E-state index is 4.34.